The molecule has 0 amide bonds. The number of thiocarbonyl (C=S) groups is 1. The van der Waals surface area contributed by atoms with Gasteiger partial charge in [0.1, 0.15) is 11.5 Å². The molecular formula is C22H27N3O2S. The summed E-state index contributed by atoms with van der Waals surface area (Å²) in [4.78, 5) is 4.64. The maximum Gasteiger partial charge on any atom is 0.173 e. The van der Waals surface area contributed by atoms with Crippen LogP contribution >= 0.6 is 12.2 Å². The Kier molecular flexibility index (Phi) is 7.28. The molecule has 1 aliphatic heterocycles. The summed E-state index contributed by atoms with van der Waals surface area (Å²) in [5.74, 6) is 1.51. The number of piperazine rings is 1. The lowest BCUT2D eigenvalue weighted by molar-refractivity contribution is 0.199. The van der Waals surface area contributed by atoms with Crippen LogP contribution in [-0.4, -0.2) is 61.9 Å². The predicted molar refractivity (Wildman–Crippen MR) is 119 cm³/mol. The van der Waals surface area contributed by atoms with Crippen molar-refractivity contribution in [1.82, 2.24) is 9.80 Å². The summed E-state index contributed by atoms with van der Waals surface area (Å²) in [6.07, 6.45) is 4.40. The average molecular weight is 398 g/mol. The first-order valence-corrected chi connectivity index (χ1v) is 9.82. The summed E-state index contributed by atoms with van der Waals surface area (Å²) in [7, 11) is 3.30. The number of nitrogens with zero attached hydrogens (tertiary/aromatic N) is 2. The summed E-state index contributed by atoms with van der Waals surface area (Å²) in [5, 5.41) is 4.02. The standard InChI is InChI=1S/C22H27N3O2S/c1-26-19-10-11-21(27-2)20(17-19)23-22(28)25-15-13-24(14-16-25)12-6-9-18-7-4-3-5-8-18/h3-11,17H,12-16H2,1-2H3,(H,23,28). The Morgan fingerprint density at radius 1 is 1.04 bits per heavy atom. The number of rotatable bonds is 6. The van der Waals surface area contributed by atoms with Gasteiger partial charge in [-0.15, -0.1) is 0 Å². The Morgan fingerprint density at radius 2 is 1.79 bits per heavy atom. The normalized spacial score (nSPS) is 14.9. The second kappa shape index (κ2) is 10.1. The smallest absolute Gasteiger partial charge is 0.173 e. The molecule has 0 atom stereocenters. The largest absolute Gasteiger partial charge is 0.497 e. The predicted octanol–water partition coefficient (Wildman–Crippen LogP) is 3.73. The SMILES string of the molecule is COc1ccc(OC)c(NC(=S)N2CCN(CC=Cc3ccccc3)CC2)c1. The van der Waals surface area contributed by atoms with E-state index in [0.29, 0.717) is 5.11 Å². The van der Waals surface area contributed by atoms with Crippen molar-refractivity contribution in [3.63, 3.8) is 0 Å². The first-order valence-electron chi connectivity index (χ1n) is 9.41. The second-order valence-electron chi connectivity index (χ2n) is 6.60. The van der Waals surface area contributed by atoms with Gasteiger partial charge < -0.3 is 19.7 Å². The minimum Gasteiger partial charge on any atom is -0.497 e. The lowest BCUT2D eigenvalue weighted by atomic mass is 10.2. The maximum atomic E-state index is 5.62. The fraction of sp³-hybridized carbons (Fsp3) is 0.318. The molecule has 5 nitrogen and oxygen atoms in total. The number of hydrogen-bond acceptors (Lipinski definition) is 4. The van der Waals surface area contributed by atoms with Crippen molar-refractivity contribution in [2.75, 3.05) is 52.3 Å². The fourth-order valence-electron chi connectivity index (χ4n) is 3.14. The van der Waals surface area contributed by atoms with E-state index in [0.717, 1.165) is 49.9 Å². The van der Waals surface area contributed by atoms with Gasteiger partial charge in [-0.2, -0.15) is 0 Å². The van der Waals surface area contributed by atoms with Crippen LogP contribution < -0.4 is 14.8 Å². The number of methoxy groups -OCH3 is 2. The van der Waals surface area contributed by atoms with Gasteiger partial charge in [-0.25, -0.2) is 0 Å². The van der Waals surface area contributed by atoms with Crippen LogP contribution in [0.25, 0.3) is 6.08 Å². The van der Waals surface area contributed by atoms with Gasteiger partial charge in [0.15, 0.2) is 5.11 Å². The third-order valence-electron chi connectivity index (χ3n) is 4.78. The van der Waals surface area contributed by atoms with Gasteiger partial charge in [0.25, 0.3) is 0 Å². The highest BCUT2D eigenvalue weighted by molar-refractivity contribution is 7.80. The summed E-state index contributed by atoms with van der Waals surface area (Å²) < 4.78 is 10.7. The van der Waals surface area contributed by atoms with Gasteiger partial charge in [-0.1, -0.05) is 42.5 Å². The van der Waals surface area contributed by atoms with Gasteiger partial charge >= 0.3 is 0 Å². The molecule has 28 heavy (non-hydrogen) atoms. The molecule has 148 valence electrons. The van der Waals surface area contributed by atoms with Crippen LogP contribution in [0.15, 0.2) is 54.6 Å². The van der Waals surface area contributed by atoms with Crippen molar-refractivity contribution in [1.29, 1.82) is 0 Å². The van der Waals surface area contributed by atoms with Gasteiger partial charge in [0.2, 0.25) is 0 Å². The molecule has 1 saturated heterocycles. The molecule has 0 saturated carbocycles. The molecule has 3 rings (SSSR count). The zero-order valence-electron chi connectivity index (χ0n) is 16.4. The molecule has 2 aromatic rings. The van der Waals surface area contributed by atoms with E-state index in [1.165, 1.54) is 5.56 Å². The van der Waals surface area contributed by atoms with Crippen LogP contribution in [0.3, 0.4) is 0 Å². The number of benzene rings is 2. The number of anilines is 1. The van der Waals surface area contributed by atoms with Crippen molar-refractivity contribution < 1.29 is 9.47 Å². The van der Waals surface area contributed by atoms with Gasteiger partial charge in [-0.05, 0) is 29.9 Å². The van der Waals surface area contributed by atoms with E-state index in [1.54, 1.807) is 14.2 Å². The summed E-state index contributed by atoms with van der Waals surface area (Å²) in [6.45, 7) is 4.72. The first-order chi connectivity index (χ1) is 13.7. The van der Waals surface area contributed by atoms with E-state index >= 15 is 0 Å². The molecule has 0 spiro atoms. The quantitative estimate of drug-likeness (QED) is 0.749. The topological polar surface area (TPSA) is 37.0 Å². The zero-order valence-corrected chi connectivity index (χ0v) is 17.2. The zero-order chi connectivity index (χ0) is 19.8. The van der Waals surface area contributed by atoms with Crippen molar-refractivity contribution in [2.45, 2.75) is 0 Å². The van der Waals surface area contributed by atoms with Gasteiger partial charge in [0, 0.05) is 38.8 Å². The summed E-state index contributed by atoms with van der Waals surface area (Å²) in [6, 6.07) is 16.0. The van der Waals surface area contributed by atoms with E-state index in [9.17, 15) is 0 Å². The molecule has 6 heteroatoms. The average Bonchev–Trinajstić information content (AvgIpc) is 2.75. The van der Waals surface area contributed by atoms with Crippen LogP contribution in [0.2, 0.25) is 0 Å². The number of hydrogen-bond donors (Lipinski definition) is 1. The third kappa shape index (κ3) is 5.47. The van der Waals surface area contributed by atoms with Crippen LogP contribution in [0.1, 0.15) is 5.56 Å². The second-order valence-corrected chi connectivity index (χ2v) is 6.98. The molecular weight excluding hydrogens is 370 g/mol. The lowest BCUT2D eigenvalue weighted by Gasteiger charge is -2.35. The van der Waals surface area contributed by atoms with Gasteiger partial charge in [-0.3, -0.25) is 4.90 Å². The number of ether oxygens (including phenoxy) is 2. The van der Waals surface area contributed by atoms with Crippen LogP contribution in [-0.2, 0) is 0 Å². The Labute approximate surface area is 172 Å². The monoisotopic (exact) mass is 397 g/mol. The van der Waals surface area contributed by atoms with Gasteiger partial charge in [0.05, 0.1) is 19.9 Å². The summed E-state index contributed by atoms with van der Waals surface area (Å²) >= 11 is 5.62. The number of nitrogens with one attached hydrogen (secondary N) is 1. The van der Waals surface area contributed by atoms with E-state index in [4.69, 9.17) is 21.7 Å². The Hall–Kier alpha value is -2.57. The first kappa shape index (κ1) is 20.2. The fourth-order valence-corrected chi connectivity index (χ4v) is 3.43. The molecule has 1 fully saturated rings. The Bertz CT molecular complexity index is 803. The van der Waals surface area contributed by atoms with Crippen molar-refractivity contribution >= 4 is 29.1 Å². The highest BCUT2D eigenvalue weighted by Gasteiger charge is 2.19. The van der Waals surface area contributed by atoms with E-state index < -0.39 is 0 Å². The molecule has 0 aromatic heterocycles. The van der Waals surface area contributed by atoms with E-state index in [-0.39, 0.29) is 0 Å². The van der Waals surface area contributed by atoms with Crippen LogP contribution in [0.4, 0.5) is 5.69 Å². The van der Waals surface area contributed by atoms with Crippen molar-refractivity contribution in [3.05, 3.63) is 60.2 Å². The van der Waals surface area contributed by atoms with Crippen LogP contribution in [0.5, 0.6) is 11.5 Å². The Balaban J connectivity index is 1.49. The van der Waals surface area contributed by atoms with Crippen molar-refractivity contribution in [2.24, 2.45) is 0 Å². The highest BCUT2D eigenvalue weighted by atomic mass is 32.1. The molecule has 1 heterocycles. The molecule has 2 aromatic carbocycles. The molecule has 0 aliphatic carbocycles. The minimum absolute atomic E-state index is 0.714. The highest BCUT2D eigenvalue weighted by Crippen LogP contribution is 2.29. The third-order valence-corrected chi connectivity index (χ3v) is 5.14. The molecule has 0 unspecified atom stereocenters. The molecule has 1 N–H and O–H groups in total. The molecule has 1 aliphatic rings. The van der Waals surface area contributed by atoms with Crippen LogP contribution in [0, 0.1) is 0 Å². The van der Waals surface area contributed by atoms with Crippen molar-refractivity contribution in [3.8, 4) is 11.5 Å². The molecule has 0 bridgehead atoms. The minimum atomic E-state index is 0.714. The van der Waals surface area contributed by atoms with E-state index in [1.807, 2.05) is 24.3 Å². The summed E-state index contributed by atoms with van der Waals surface area (Å²) in [5.41, 5.74) is 2.05. The lowest BCUT2D eigenvalue weighted by Crippen LogP contribution is -2.49. The maximum absolute atomic E-state index is 5.62. The van der Waals surface area contributed by atoms with E-state index in [2.05, 4.69) is 51.5 Å². The Morgan fingerprint density at radius 3 is 2.46 bits per heavy atom. The molecule has 0 radical (unpaired) electrons.